The van der Waals surface area contributed by atoms with E-state index in [9.17, 15) is 5.48 Å². The lowest BCUT2D eigenvalue weighted by Crippen LogP contribution is -2.11. The van der Waals surface area contributed by atoms with Gasteiger partial charge in [0.15, 0.2) is 0 Å². The number of anilines is 3. The van der Waals surface area contributed by atoms with Gasteiger partial charge in [-0.2, -0.15) is 0 Å². The molecule has 0 unspecified atom stereocenters. The number of hydrogen-bond acceptors (Lipinski definition) is 3. The van der Waals surface area contributed by atoms with Crippen LogP contribution < -0.4 is 4.90 Å². The van der Waals surface area contributed by atoms with E-state index in [1.807, 2.05) is 126 Å². The Hall–Kier alpha value is -7.36. The highest BCUT2D eigenvalue weighted by Gasteiger charge is 2.21. The van der Waals surface area contributed by atoms with Gasteiger partial charge in [-0.1, -0.05) is 146 Å². The molecule has 0 N–H and O–H groups in total. The summed E-state index contributed by atoms with van der Waals surface area (Å²) in [7, 11) is 0. The molecule has 2 aromatic heterocycles. The van der Waals surface area contributed by atoms with Gasteiger partial charge in [0, 0.05) is 49.4 Å². The van der Waals surface area contributed by atoms with Gasteiger partial charge in [0.2, 0.25) is 0 Å². The van der Waals surface area contributed by atoms with E-state index < -0.39 is 0 Å². The van der Waals surface area contributed by atoms with Gasteiger partial charge >= 0.3 is 0 Å². The topological polar surface area (TPSA) is 29.5 Å². The number of nitrogens with zero attached hydrogens (tertiary/aromatic N) is 1. The molecular weight excluding hydrogens is 671 g/mol. The predicted molar refractivity (Wildman–Crippen MR) is 229 cm³/mol. The van der Waals surface area contributed by atoms with Crippen LogP contribution in [0.25, 0.3) is 88.0 Å². The Morgan fingerprint density at radius 2 is 1.00 bits per heavy atom. The molecule has 0 aliphatic carbocycles. The zero-order valence-corrected chi connectivity index (χ0v) is 29.5. The van der Waals surface area contributed by atoms with E-state index in [2.05, 4.69) is 54.6 Å². The van der Waals surface area contributed by atoms with Gasteiger partial charge in [0.1, 0.15) is 22.3 Å². The van der Waals surface area contributed by atoms with Gasteiger partial charge in [-0.05, 0) is 82.2 Å². The van der Waals surface area contributed by atoms with Crippen LogP contribution in [0.5, 0.6) is 0 Å². The summed E-state index contributed by atoms with van der Waals surface area (Å²) in [5.41, 5.74) is 9.15. The van der Waals surface area contributed by atoms with Crippen LogP contribution in [0, 0.1) is 0 Å². The molecule has 11 rings (SSSR count). The van der Waals surface area contributed by atoms with Crippen LogP contribution in [0.2, 0.25) is 0 Å². The van der Waals surface area contributed by atoms with Gasteiger partial charge in [0.25, 0.3) is 0 Å². The molecule has 0 aliphatic heterocycles. The predicted octanol–water partition coefficient (Wildman–Crippen LogP) is 15.1. The third-order valence-electron chi connectivity index (χ3n) is 10.6. The Morgan fingerprint density at radius 1 is 0.364 bits per heavy atom. The molecule has 0 spiro atoms. The number of rotatable bonds is 6. The first-order chi connectivity index (χ1) is 28.9. The minimum absolute atomic E-state index is 0.114. The summed E-state index contributed by atoms with van der Waals surface area (Å²) in [6, 6.07) is 57.4. The largest absolute Gasteiger partial charge is 0.456 e. The van der Waals surface area contributed by atoms with E-state index in [4.69, 9.17) is 8.83 Å². The molecule has 2 heterocycles. The summed E-state index contributed by atoms with van der Waals surface area (Å²) in [5.74, 6) is 0. The Bertz CT molecular complexity index is 3410. The molecule has 11 aromatic rings. The molecule has 0 bridgehead atoms. The van der Waals surface area contributed by atoms with Crippen molar-refractivity contribution in [1.29, 1.82) is 0 Å². The van der Waals surface area contributed by atoms with E-state index in [1.54, 1.807) is 0 Å². The van der Waals surface area contributed by atoms with Crippen LogP contribution in [0.3, 0.4) is 0 Å². The number of fused-ring (bicyclic) bond motifs is 8. The van der Waals surface area contributed by atoms with Crippen molar-refractivity contribution in [1.82, 2.24) is 0 Å². The van der Waals surface area contributed by atoms with Crippen LogP contribution in [0.1, 0.15) is 5.48 Å². The number of benzene rings is 9. The summed E-state index contributed by atoms with van der Waals surface area (Å²) in [6.07, 6.45) is 0. The Kier molecular flexibility index (Phi) is 6.27. The zero-order valence-electron chi connectivity index (χ0n) is 33.5. The molecule has 0 aliphatic rings. The summed E-state index contributed by atoms with van der Waals surface area (Å²) in [4.78, 5) is 1.86. The summed E-state index contributed by atoms with van der Waals surface area (Å²) in [5, 5.41) is 6.25. The second-order valence-electron chi connectivity index (χ2n) is 13.7. The molecule has 9 aromatic carbocycles. The maximum absolute atomic E-state index is 9.55. The van der Waals surface area contributed by atoms with Crippen molar-refractivity contribution in [2.45, 2.75) is 0 Å². The van der Waals surface area contributed by atoms with Crippen LogP contribution in [0.4, 0.5) is 17.1 Å². The number of para-hydroxylation sites is 3. The highest BCUT2D eigenvalue weighted by Crippen LogP contribution is 2.45. The second-order valence-corrected chi connectivity index (χ2v) is 13.7. The molecule has 3 nitrogen and oxygen atoms in total. The molecule has 258 valence electrons. The van der Waals surface area contributed by atoms with Gasteiger partial charge in [0.05, 0.1) is 11.2 Å². The minimum atomic E-state index is -0.146. The van der Waals surface area contributed by atoms with Crippen LogP contribution in [0.15, 0.2) is 209 Å². The number of hydrogen-bond donors (Lipinski definition) is 0. The van der Waals surface area contributed by atoms with Crippen molar-refractivity contribution in [3.05, 3.63) is 200 Å². The SMILES string of the molecule is [2H]c1c([2H])c(N(c2ccc(-c3ccc4c(c3)oc3ccccc34)cc2)c2ccccc2-c2cccc3c2oc2c4ccccc4ccc32)c([2H])c([2H])c1-c1ccccc1. The van der Waals surface area contributed by atoms with E-state index in [-0.39, 0.29) is 35.4 Å². The monoisotopic (exact) mass is 707 g/mol. The molecule has 0 fully saturated rings. The Labute approximate surface area is 323 Å². The fourth-order valence-electron chi connectivity index (χ4n) is 7.90. The van der Waals surface area contributed by atoms with Gasteiger partial charge in [-0.3, -0.25) is 0 Å². The fraction of sp³-hybridized carbons (Fsp3) is 0. The fourth-order valence-corrected chi connectivity index (χ4v) is 7.90. The van der Waals surface area contributed by atoms with Crippen molar-refractivity contribution in [2.75, 3.05) is 4.90 Å². The number of furan rings is 2. The molecule has 0 saturated carbocycles. The average Bonchev–Trinajstić information content (AvgIpc) is 3.86. The average molecular weight is 708 g/mol. The third kappa shape index (κ3) is 5.20. The van der Waals surface area contributed by atoms with Crippen molar-refractivity contribution >= 4 is 71.7 Å². The molecule has 55 heavy (non-hydrogen) atoms. The highest BCUT2D eigenvalue weighted by molar-refractivity contribution is 6.17. The van der Waals surface area contributed by atoms with E-state index in [1.165, 1.54) is 0 Å². The van der Waals surface area contributed by atoms with E-state index in [0.717, 1.165) is 76.9 Å². The smallest absolute Gasteiger partial charge is 0.143 e. The molecule has 0 radical (unpaired) electrons. The van der Waals surface area contributed by atoms with Crippen LogP contribution in [-0.4, -0.2) is 0 Å². The Balaban J connectivity index is 1.12. The van der Waals surface area contributed by atoms with Crippen molar-refractivity contribution in [3.63, 3.8) is 0 Å². The lowest BCUT2D eigenvalue weighted by molar-refractivity contribution is 0.669. The normalized spacial score (nSPS) is 12.7. The lowest BCUT2D eigenvalue weighted by Gasteiger charge is -2.28. The molecule has 0 saturated heterocycles. The van der Waals surface area contributed by atoms with Crippen LogP contribution >= 0.6 is 0 Å². The van der Waals surface area contributed by atoms with E-state index >= 15 is 0 Å². The summed E-state index contributed by atoms with van der Waals surface area (Å²) in [6.45, 7) is 0. The first-order valence-electron chi connectivity index (χ1n) is 20.3. The van der Waals surface area contributed by atoms with Crippen molar-refractivity contribution in [3.8, 4) is 33.4 Å². The van der Waals surface area contributed by atoms with Crippen molar-refractivity contribution < 1.29 is 14.3 Å². The van der Waals surface area contributed by atoms with Gasteiger partial charge < -0.3 is 13.7 Å². The molecule has 0 amide bonds. The lowest BCUT2D eigenvalue weighted by atomic mass is 9.98. The standard InChI is InChI=1S/C52H33NO2/c1-2-11-34(12-3-1)35-21-27-39(28-22-35)53(40-29-23-36(24-30-40)38-26-31-44-43-16-7-9-20-49(43)54-50(44)33-38)48-19-8-6-15-42(48)45-17-10-18-46-47-32-25-37-13-4-5-14-41(37)51(47)55-52(45)46/h1-33H/i21D,22D,27D,28D. The second kappa shape index (κ2) is 12.6. The molecule has 3 heteroatoms. The van der Waals surface area contributed by atoms with Gasteiger partial charge in [-0.25, -0.2) is 0 Å². The van der Waals surface area contributed by atoms with Gasteiger partial charge in [-0.15, -0.1) is 0 Å². The zero-order chi connectivity index (χ0) is 39.8. The minimum Gasteiger partial charge on any atom is -0.456 e. The third-order valence-corrected chi connectivity index (χ3v) is 10.6. The maximum atomic E-state index is 9.55. The van der Waals surface area contributed by atoms with Crippen molar-refractivity contribution in [2.24, 2.45) is 0 Å². The highest BCUT2D eigenvalue weighted by atomic mass is 16.3. The maximum Gasteiger partial charge on any atom is 0.143 e. The van der Waals surface area contributed by atoms with E-state index in [0.29, 0.717) is 16.9 Å². The summed E-state index contributed by atoms with van der Waals surface area (Å²) >= 11 is 0. The molecule has 0 atom stereocenters. The molecular formula is C52H33NO2. The quantitative estimate of drug-likeness (QED) is 0.172. The van der Waals surface area contributed by atoms with Crippen LogP contribution in [-0.2, 0) is 0 Å². The summed E-state index contributed by atoms with van der Waals surface area (Å²) < 4.78 is 50.7. The Morgan fingerprint density at radius 3 is 1.87 bits per heavy atom. The first-order valence-corrected chi connectivity index (χ1v) is 18.3. The first kappa shape index (κ1) is 27.3.